The van der Waals surface area contributed by atoms with Gasteiger partial charge in [-0.05, 0) is 30.5 Å². The Morgan fingerprint density at radius 3 is 2.88 bits per heavy atom. The first-order chi connectivity index (χ1) is 11.9. The van der Waals surface area contributed by atoms with Crippen LogP contribution >= 0.6 is 0 Å². The van der Waals surface area contributed by atoms with Gasteiger partial charge < -0.3 is 5.32 Å². The van der Waals surface area contributed by atoms with Gasteiger partial charge >= 0.3 is 0 Å². The van der Waals surface area contributed by atoms with Crippen molar-refractivity contribution in [3.05, 3.63) is 66.4 Å². The molecule has 0 radical (unpaired) electrons. The second-order valence-electron chi connectivity index (χ2n) is 5.79. The molecule has 0 saturated carbocycles. The van der Waals surface area contributed by atoms with Crippen molar-refractivity contribution >= 4 is 15.8 Å². The Labute approximate surface area is 145 Å². The van der Waals surface area contributed by atoms with Gasteiger partial charge in [0.05, 0.1) is 11.4 Å². The van der Waals surface area contributed by atoms with Crippen molar-refractivity contribution in [3.63, 3.8) is 0 Å². The van der Waals surface area contributed by atoms with Crippen LogP contribution in [0.4, 0.5) is 10.2 Å². The summed E-state index contributed by atoms with van der Waals surface area (Å²) in [5, 5.41) is 8.26. The second kappa shape index (κ2) is 7.12. The molecule has 0 bridgehead atoms. The zero-order chi connectivity index (χ0) is 17.9. The molecule has 3 rings (SSSR count). The standard InChI is InChI=1S/C17H17FN4O2S/c18-14-5-2-4-13(8-14)16-9-17(21-11-20-16)22-15-6-1-3-12(7-15)10-25(19,23)24/h1-6,8-9,11-12H,7,10H2,(H2,19,23,24)(H,20,21,22). The summed E-state index contributed by atoms with van der Waals surface area (Å²) in [7, 11) is -3.53. The third kappa shape index (κ3) is 4.94. The molecule has 1 aromatic heterocycles. The van der Waals surface area contributed by atoms with Crippen LogP contribution in [0.25, 0.3) is 11.3 Å². The molecule has 2 aromatic rings. The van der Waals surface area contributed by atoms with E-state index in [0.717, 1.165) is 5.70 Å². The van der Waals surface area contributed by atoms with Gasteiger partial charge in [0.15, 0.2) is 0 Å². The summed E-state index contributed by atoms with van der Waals surface area (Å²) in [6, 6.07) is 7.86. The number of nitrogens with zero attached hydrogens (tertiary/aromatic N) is 2. The van der Waals surface area contributed by atoms with E-state index in [1.165, 1.54) is 18.5 Å². The van der Waals surface area contributed by atoms with Crippen molar-refractivity contribution in [3.8, 4) is 11.3 Å². The van der Waals surface area contributed by atoms with Crippen LogP contribution < -0.4 is 10.5 Å². The van der Waals surface area contributed by atoms with Crippen LogP contribution in [0.15, 0.2) is 60.6 Å². The van der Waals surface area contributed by atoms with Gasteiger partial charge in [-0.15, -0.1) is 0 Å². The number of sulfonamides is 1. The molecule has 1 heterocycles. The Balaban J connectivity index is 1.74. The summed E-state index contributed by atoms with van der Waals surface area (Å²) < 4.78 is 35.9. The molecular formula is C17H17FN4O2S. The van der Waals surface area contributed by atoms with Gasteiger partial charge in [0.1, 0.15) is 18.0 Å². The number of hydrogen-bond donors (Lipinski definition) is 2. The third-order valence-corrected chi connectivity index (χ3v) is 4.58. The smallest absolute Gasteiger partial charge is 0.209 e. The number of allylic oxidation sites excluding steroid dienone is 4. The Hall–Kier alpha value is -2.58. The van der Waals surface area contributed by atoms with Gasteiger partial charge in [-0.1, -0.05) is 24.3 Å². The first-order valence-corrected chi connectivity index (χ1v) is 9.33. The molecule has 25 heavy (non-hydrogen) atoms. The molecule has 0 aliphatic heterocycles. The molecule has 1 aromatic carbocycles. The van der Waals surface area contributed by atoms with Crippen LogP contribution in [0.2, 0.25) is 0 Å². The van der Waals surface area contributed by atoms with Crippen molar-refractivity contribution in [1.29, 1.82) is 0 Å². The minimum absolute atomic E-state index is 0.110. The molecule has 1 unspecified atom stereocenters. The fourth-order valence-electron chi connectivity index (χ4n) is 2.65. The van der Waals surface area contributed by atoms with E-state index in [4.69, 9.17) is 5.14 Å². The monoisotopic (exact) mass is 360 g/mol. The van der Waals surface area contributed by atoms with E-state index in [1.54, 1.807) is 24.3 Å². The molecular weight excluding hydrogens is 343 g/mol. The average molecular weight is 360 g/mol. The average Bonchev–Trinajstić information content (AvgIpc) is 2.54. The van der Waals surface area contributed by atoms with Gasteiger partial charge in [-0.25, -0.2) is 27.9 Å². The summed E-state index contributed by atoms with van der Waals surface area (Å²) in [5.41, 5.74) is 2.06. The Bertz CT molecular complexity index is 941. The maximum absolute atomic E-state index is 13.4. The fraction of sp³-hybridized carbons (Fsp3) is 0.176. The number of primary sulfonamides is 1. The Morgan fingerprint density at radius 2 is 2.12 bits per heavy atom. The van der Waals surface area contributed by atoms with Crippen molar-refractivity contribution in [2.24, 2.45) is 11.1 Å². The molecule has 0 amide bonds. The number of anilines is 1. The van der Waals surface area contributed by atoms with E-state index in [0.29, 0.717) is 23.5 Å². The first-order valence-electron chi connectivity index (χ1n) is 7.62. The summed E-state index contributed by atoms with van der Waals surface area (Å²) >= 11 is 0. The summed E-state index contributed by atoms with van der Waals surface area (Å²) in [6.07, 6.45) is 7.35. The molecule has 1 aliphatic carbocycles. The molecule has 0 saturated heterocycles. The minimum atomic E-state index is -3.53. The molecule has 0 fully saturated rings. The maximum Gasteiger partial charge on any atom is 0.209 e. The van der Waals surface area contributed by atoms with Gasteiger partial charge in [-0.2, -0.15) is 0 Å². The fourth-order valence-corrected chi connectivity index (χ4v) is 3.47. The Kier molecular flexibility index (Phi) is 4.91. The minimum Gasteiger partial charge on any atom is -0.344 e. The number of halogens is 1. The van der Waals surface area contributed by atoms with E-state index < -0.39 is 10.0 Å². The lowest BCUT2D eigenvalue weighted by Gasteiger charge is -2.18. The maximum atomic E-state index is 13.4. The van der Waals surface area contributed by atoms with Crippen molar-refractivity contribution < 1.29 is 12.8 Å². The van der Waals surface area contributed by atoms with Gasteiger partial charge in [-0.3, -0.25) is 0 Å². The third-order valence-electron chi connectivity index (χ3n) is 3.69. The van der Waals surface area contributed by atoms with Gasteiger partial charge in [0.25, 0.3) is 0 Å². The predicted octanol–water partition coefficient (Wildman–Crippen LogP) is 2.44. The molecule has 0 spiro atoms. The normalized spacial score (nSPS) is 17.2. The van der Waals surface area contributed by atoms with E-state index in [-0.39, 0.29) is 17.5 Å². The number of hydrogen-bond acceptors (Lipinski definition) is 5. The van der Waals surface area contributed by atoms with Crippen LogP contribution in [-0.2, 0) is 10.0 Å². The van der Waals surface area contributed by atoms with E-state index in [9.17, 15) is 12.8 Å². The molecule has 8 heteroatoms. The highest BCUT2D eigenvalue weighted by molar-refractivity contribution is 7.89. The molecule has 130 valence electrons. The van der Waals surface area contributed by atoms with Gasteiger partial charge in [0.2, 0.25) is 10.0 Å². The molecule has 3 N–H and O–H groups in total. The quantitative estimate of drug-likeness (QED) is 0.853. The summed E-state index contributed by atoms with van der Waals surface area (Å²) in [5.74, 6) is -0.0883. The highest BCUT2D eigenvalue weighted by Gasteiger charge is 2.17. The number of benzene rings is 1. The number of nitrogens with two attached hydrogens (primary N) is 1. The molecule has 1 aliphatic rings. The van der Waals surface area contributed by atoms with Crippen molar-refractivity contribution in [2.45, 2.75) is 6.42 Å². The summed E-state index contributed by atoms with van der Waals surface area (Å²) in [4.78, 5) is 8.32. The van der Waals surface area contributed by atoms with E-state index >= 15 is 0 Å². The largest absolute Gasteiger partial charge is 0.344 e. The number of aromatic nitrogens is 2. The highest BCUT2D eigenvalue weighted by Crippen LogP contribution is 2.23. The lowest BCUT2D eigenvalue weighted by Crippen LogP contribution is -2.24. The van der Waals surface area contributed by atoms with Crippen LogP contribution in [0.3, 0.4) is 0 Å². The van der Waals surface area contributed by atoms with Gasteiger partial charge in [0, 0.05) is 17.3 Å². The zero-order valence-corrected chi connectivity index (χ0v) is 14.1. The van der Waals surface area contributed by atoms with Crippen LogP contribution in [0, 0.1) is 11.7 Å². The molecule has 6 nitrogen and oxygen atoms in total. The molecule has 1 atom stereocenters. The summed E-state index contributed by atoms with van der Waals surface area (Å²) in [6.45, 7) is 0. The number of nitrogens with one attached hydrogen (secondary N) is 1. The topological polar surface area (TPSA) is 98.0 Å². The lowest BCUT2D eigenvalue weighted by atomic mass is 10.0. The van der Waals surface area contributed by atoms with Crippen LogP contribution in [0.5, 0.6) is 0 Å². The van der Waals surface area contributed by atoms with Crippen molar-refractivity contribution in [1.82, 2.24) is 9.97 Å². The highest BCUT2D eigenvalue weighted by atomic mass is 32.2. The van der Waals surface area contributed by atoms with E-state index in [2.05, 4.69) is 15.3 Å². The lowest BCUT2D eigenvalue weighted by molar-refractivity contribution is 0.583. The predicted molar refractivity (Wildman–Crippen MR) is 94.4 cm³/mol. The van der Waals surface area contributed by atoms with Crippen LogP contribution in [-0.4, -0.2) is 24.1 Å². The first kappa shape index (κ1) is 17.2. The van der Waals surface area contributed by atoms with Crippen LogP contribution in [0.1, 0.15) is 6.42 Å². The zero-order valence-electron chi connectivity index (χ0n) is 13.3. The van der Waals surface area contributed by atoms with Crippen molar-refractivity contribution in [2.75, 3.05) is 11.1 Å². The SMILES string of the molecule is NS(=O)(=O)CC1C=CC=C(Nc2cc(-c3cccc(F)c3)ncn2)C1. The second-order valence-corrected chi connectivity index (χ2v) is 7.45. The van der Waals surface area contributed by atoms with E-state index in [1.807, 2.05) is 12.2 Å². The number of rotatable bonds is 5. The Morgan fingerprint density at radius 1 is 1.28 bits per heavy atom.